The highest BCUT2D eigenvalue weighted by Crippen LogP contribution is 2.20. The molecule has 1 atom stereocenters. The minimum Gasteiger partial charge on any atom is -0.441 e. The predicted molar refractivity (Wildman–Crippen MR) is 116 cm³/mol. The number of aliphatic hydroxyl groups is 1. The number of aryl methyl sites for hydroxylation is 2. The Morgan fingerprint density at radius 1 is 1.00 bits per heavy atom. The standard InChI is InChI=1S/C25H24N2O3/c1-27(17-22(28)19-10-6-3-7-11-19)25(29)20-13-14-23-21(16-20)26-24(30-23)15-12-18-8-4-2-5-9-18/h2-11,13-14,16,22,28H,12,15,17H2,1H3. The number of oxazole rings is 1. The molecular formula is C25H24N2O3. The highest BCUT2D eigenvalue weighted by Gasteiger charge is 2.18. The zero-order valence-electron chi connectivity index (χ0n) is 16.9. The van der Waals surface area contributed by atoms with Gasteiger partial charge in [-0.3, -0.25) is 4.79 Å². The van der Waals surface area contributed by atoms with E-state index in [0.29, 0.717) is 29.0 Å². The summed E-state index contributed by atoms with van der Waals surface area (Å²) < 4.78 is 5.83. The van der Waals surface area contributed by atoms with Crippen LogP contribution < -0.4 is 0 Å². The SMILES string of the molecule is CN(CC(O)c1ccccc1)C(=O)c1ccc2oc(CCc3ccccc3)nc2c1. The summed E-state index contributed by atoms with van der Waals surface area (Å²) in [4.78, 5) is 18.9. The molecule has 30 heavy (non-hydrogen) atoms. The number of fused-ring (bicyclic) bond motifs is 1. The van der Waals surface area contributed by atoms with Crippen LogP contribution in [-0.4, -0.2) is 34.5 Å². The van der Waals surface area contributed by atoms with E-state index in [1.165, 1.54) is 10.5 Å². The lowest BCUT2D eigenvalue weighted by molar-refractivity contribution is 0.0681. The smallest absolute Gasteiger partial charge is 0.253 e. The monoisotopic (exact) mass is 400 g/mol. The molecular weight excluding hydrogens is 376 g/mol. The van der Waals surface area contributed by atoms with Crippen molar-refractivity contribution in [2.24, 2.45) is 0 Å². The number of carbonyl (C=O) groups excluding carboxylic acids is 1. The Hall–Kier alpha value is -3.44. The summed E-state index contributed by atoms with van der Waals surface area (Å²) in [7, 11) is 1.69. The van der Waals surface area contributed by atoms with Crippen molar-refractivity contribution < 1.29 is 14.3 Å². The van der Waals surface area contributed by atoms with E-state index in [1.807, 2.05) is 48.5 Å². The average Bonchev–Trinajstić information content (AvgIpc) is 3.20. The van der Waals surface area contributed by atoms with Gasteiger partial charge in [0.15, 0.2) is 11.5 Å². The van der Waals surface area contributed by atoms with Gasteiger partial charge >= 0.3 is 0 Å². The molecule has 0 saturated heterocycles. The van der Waals surface area contributed by atoms with Gasteiger partial charge in [-0.05, 0) is 35.7 Å². The van der Waals surface area contributed by atoms with Gasteiger partial charge in [0.2, 0.25) is 0 Å². The summed E-state index contributed by atoms with van der Waals surface area (Å²) in [6.07, 6.45) is 0.811. The molecule has 5 nitrogen and oxygen atoms in total. The minimum atomic E-state index is -0.736. The molecule has 4 aromatic rings. The lowest BCUT2D eigenvalue weighted by Gasteiger charge is -2.21. The Morgan fingerprint density at radius 2 is 1.70 bits per heavy atom. The Bertz CT molecular complexity index is 1120. The third-order valence-corrected chi connectivity index (χ3v) is 5.13. The molecule has 1 N–H and O–H groups in total. The fraction of sp³-hybridized carbons (Fsp3) is 0.200. The van der Waals surface area contributed by atoms with Crippen molar-refractivity contribution in [3.63, 3.8) is 0 Å². The molecule has 1 amide bonds. The molecule has 0 saturated carbocycles. The molecule has 0 fully saturated rings. The number of rotatable bonds is 7. The molecule has 5 heteroatoms. The maximum Gasteiger partial charge on any atom is 0.253 e. The summed E-state index contributed by atoms with van der Waals surface area (Å²) in [5, 5.41) is 10.4. The van der Waals surface area contributed by atoms with Gasteiger partial charge in [0.1, 0.15) is 5.52 Å². The van der Waals surface area contributed by atoms with Gasteiger partial charge in [-0.1, -0.05) is 60.7 Å². The first-order valence-electron chi connectivity index (χ1n) is 10.0. The van der Waals surface area contributed by atoms with E-state index in [-0.39, 0.29) is 12.5 Å². The largest absolute Gasteiger partial charge is 0.441 e. The number of aromatic nitrogens is 1. The minimum absolute atomic E-state index is 0.166. The first-order chi connectivity index (χ1) is 14.6. The van der Waals surface area contributed by atoms with Crippen molar-refractivity contribution in [1.29, 1.82) is 0 Å². The van der Waals surface area contributed by atoms with E-state index in [4.69, 9.17) is 4.42 Å². The number of amides is 1. The highest BCUT2D eigenvalue weighted by molar-refractivity contribution is 5.97. The van der Waals surface area contributed by atoms with Crippen molar-refractivity contribution in [2.75, 3.05) is 13.6 Å². The van der Waals surface area contributed by atoms with Gasteiger partial charge in [-0.15, -0.1) is 0 Å². The van der Waals surface area contributed by atoms with E-state index in [1.54, 1.807) is 25.2 Å². The van der Waals surface area contributed by atoms with Crippen LogP contribution in [-0.2, 0) is 12.8 Å². The van der Waals surface area contributed by atoms with Crippen molar-refractivity contribution in [2.45, 2.75) is 18.9 Å². The van der Waals surface area contributed by atoms with E-state index in [0.717, 1.165) is 12.0 Å². The average molecular weight is 400 g/mol. The van der Waals surface area contributed by atoms with Crippen LogP contribution in [0.3, 0.4) is 0 Å². The van der Waals surface area contributed by atoms with Gasteiger partial charge in [-0.2, -0.15) is 0 Å². The van der Waals surface area contributed by atoms with Crippen molar-refractivity contribution in [1.82, 2.24) is 9.88 Å². The fourth-order valence-electron chi connectivity index (χ4n) is 3.45. The lowest BCUT2D eigenvalue weighted by Crippen LogP contribution is -2.31. The van der Waals surface area contributed by atoms with Crippen molar-refractivity contribution in [3.05, 3.63) is 101 Å². The lowest BCUT2D eigenvalue weighted by atomic mass is 10.1. The molecule has 0 aliphatic heterocycles. The van der Waals surface area contributed by atoms with Crippen LogP contribution in [0.2, 0.25) is 0 Å². The molecule has 0 aliphatic carbocycles. The normalized spacial score (nSPS) is 12.1. The maximum absolute atomic E-state index is 12.8. The van der Waals surface area contributed by atoms with E-state index in [9.17, 15) is 9.90 Å². The number of likely N-dealkylation sites (N-methyl/N-ethyl adjacent to an activating group) is 1. The molecule has 0 spiro atoms. The van der Waals surface area contributed by atoms with Crippen LogP contribution in [0, 0.1) is 0 Å². The molecule has 0 bridgehead atoms. The zero-order chi connectivity index (χ0) is 20.9. The number of hydrogen-bond donors (Lipinski definition) is 1. The maximum atomic E-state index is 12.8. The fourth-order valence-corrected chi connectivity index (χ4v) is 3.45. The van der Waals surface area contributed by atoms with Crippen LogP contribution in [0.25, 0.3) is 11.1 Å². The van der Waals surface area contributed by atoms with E-state index >= 15 is 0 Å². The van der Waals surface area contributed by atoms with Crippen LogP contribution in [0.4, 0.5) is 0 Å². The number of aliphatic hydroxyl groups excluding tert-OH is 1. The summed E-state index contributed by atoms with van der Waals surface area (Å²) >= 11 is 0. The molecule has 1 aromatic heterocycles. The van der Waals surface area contributed by atoms with Gasteiger partial charge in [0.25, 0.3) is 5.91 Å². The molecule has 152 valence electrons. The van der Waals surface area contributed by atoms with Crippen LogP contribution in [0.15, 0.2) is 83.3 Å². The third-order valence-electron chi connectivity index (χ3n) is 5.13. The first kappa shape index (κ1) is 19.9. The highest BCUT2D eigenvalue weighted by atomic mass is 16.3. The number of nitrogens with zero attached hydrogens (tertiary/aromatic N) is 2. The van der Waals surface area contributed by atoms with Crippen LogP contribution in [0.1, 0.15) is 33.5 Å². The first-order valence-corrected chi connectivity index (χ1v) is 10.0. The van der Waals surface area contributed by atoms with Crippen LogP contribution in [0.5, 0.6) is 0 Å². The molecule has 3 aromatic carbocycles. The van der Waals surface area contributed by atoms with Crippen molar-refractivity contribution in [3.8, 4) is 0 Å². The van der Waals surface area contributed by atoms with Gasteiger partial charge in [0, 0.05) is 19.0 Å². The zero-order valence-corrected chi connectivity index (χ0v) is 16.9. The molecule has 1 heterocycles. The molecule has 1 unspecified atom stereocenters. The van der Waals surface area contributed by atoms with Crippen LogP contribution >= 0.6 is 0 Å². The second-order valence-corrected chi connectivity index (χ2v) is 7.39. The van der Waals surface area contributed by atoms with Gasteiger partial charge in [0.05, 0.1) is 12.6 Å². The summed E-state index contributed by atoms with van der Waals surface area (Å²) in [6.45, 7) is 0.210. The van der Waals surface area contributed by atoms with Gasteiger partial charge < -0.3 is 14.4 Å². The number of carbonyl (C=O) groups is 1. The predicted octanol–water partition coefficient (Wildman–Crippen LogP) is 4.42. The Kier molecular flexibility index (Phi) is 5.91. The van der Waals surface area contributed by atoms with E-state index in [2.05, 4.69) is 17.1 Å². The second-order valence-electron chi connectivity index (χ2n) is 7.39. The Morgan fingerprint density at radius 3 is 2.43 bits per heavy atom. The second kappa shape index (κ2) is 8.93. The molecule has 0 aliphatic rings. The summed E-state index contributed by atoms with van der Waals surface area (Å²) in [5.74, 6) is 0.493. The van der Waals surface area contributed by atoms with E-state index < -0.39 is 6.10 Å². The quantitative estimate of drug-likeness (QED) is 0.499. The molecule has 4 rings (SSSR count). The molecule has 0 radical (unpaired) electrons. The Labute approximate surface area is 175 Å². The summed E-state index contributed by atoms with van der Waals surface area (Å²) in [5.41, 5.74) is 3.87. The number of hydrogen-bond acceptors (Lipinski definition) is 4. The Balaban J connectivity index is 1.44. The van der Waals surface area contributed by atoms with Crippen molar-refractivity contribution >= 4 is 17.0 Å². The number of benzene rings is 3. The third kappa shape index (κ3) is 4.58. The topological polar surface area (TPSA) is 66.6 Å². The van der Waals surface area contributed by atoms with Gasteiger partial charge in [-0.25, -0.2) is 4.98 Å². The summed E-state index contributed by atoms with van der Waals surface area (Å²) in [6, 6.07) is 24.8.